The van der Waals surface area contributed by atoms with E-state index in [4.69, 9.17) is 17.4 Å². The van der Waals surface area contributed by atoms with E-state index in [-0.39, 0.29) is 16.9 Å². The van der Waals surface area contributed by atoms with Gasteiger partial charge >= 0.3 is 0 Å². The lowest BCUT2D eigenvalue weighted by molar-refractivity contribution is 0.518. The lowest BCUT2D eigenvalue weighted by atomic mass is 9.99. The molecule has 2 aromatic carbocycles. The van der Waals surface area contributed by atoms with Crippen molar-refractivity contribution in [3.8, 4) is 0 Å². The Kier molecular flexibility index (Phi) is 5.06. The molecule has 20 heavy (non-hydrogen) atoms. The second-order valence-corrected chi connectivity index (χ2v) is 4.99. The number of hydrogen-bond donors (Lipinski definition) is 2. The van der Waals surface area contributed by atoms with Crippen LogP contribution in [-0.4, -0.2) is 6.04 Å². The zero-order valence-corrected chi connectivity index (χ0v) is 11.5. The van der Waals surface area contributed by atoms with Crippen molar-refractivity contribution in [1.29, 1.82) is 0 Å². The highest BCUT2D eigenvalue weighted by atomic mass is 35.5. The predicted molar refractivity (Wildman–Crippen MR) is 76.3 cm³/mol. The third-order valence-corrected chi connectivity index (χ3v) is 3.53. The summed E-state index contributed by atoms with van der Waals surface area (Å²) in [5, 5.41) is 0.104. The molecule has 2 nitrogen and oxygen atoms in total. The Morgan fingerprint density at radius 1 is 1.10 bits per heavy atom. The topological polar surface area (TPSA) is 38.0 Å². The lowest BCUT2D eigenvalue weighted by Gasteiger charge is -2.17. The molecule has 0 saturated carbocycles. The third-order valence-electron chi connectivity index (χ3n) is 3.10. The Balaban J connectivity index is 2.11. The summed E-state index contributed by atoms with van der Waals surface area (Å²) in [4.78, 5) is 0. The molecule has 1 atom stereocenters. The maximum absolute atomic E-state index is 13.4. The molecule has 0 heterocycles. The minimum absolute atomic E-state index is 0.104. The summed E-state index contributed by atoms with van der Waals surface area (Å²) in [6, 6.07) is 10.8. The molecular formula is C15H15ClF2N2. The van der Waals surface area contributed by atoms with Crippen molar-refractivity contribution in [1.82, 2.24) is 5.43 Å². The van der Waals surface area contributed by atoms with Gasteiger partial charge in [0, 0.05) is 6.04 Å². The first kappa shape index (κ1) is 14.9. The second-order valence-electron chi connectivity index (χ2n) is 4.61. The largest absolute Gasteiger partial charge is 0.271 e. The molecule has 106 valence electrons. The fraction of sp³-hybridized carbons (Fsp3) is 0.200. The van der Waals surface area contributed by atoms with Crippen molar-refractivity contribution >= 4 is 11.6 Å². The summed E-state index contributed by atoms with van der Waals surface area (Å²) in [6.07, 6.45) is 0.991. The van der Waals surface area contributed by atoms with E-state index < -0.39 is 5.82 Å². The van der Waals surface area contributed by atoms with Crippen LogP contribution in [0.4, 0.5) is 8.78 Å². The van der Waals surface area contributed by atoms with Gasteiger partial charge in [0.2, 0.25) is 0 Å². The molecule has 0 radical (unpaired) electrons. The molecule has 3 N–H and O–H groups in total. The van der Waals surface area contributed by atoms with Crippen molar-refractivity contribution < 1.29 is 8.78 Å². The van der Waals surface area contributed by atoms with Crippen LogP contribution in [0.3, 0.4) is 0 Å². The Morgan fingerprint density at radius 2 is 1.85 bits per heavy atom. The molecule has 2 rings (SSSR count). The van der Waals surface area contributed by atoms with Gasteiger partial charge in [0.05, 0.1) is 5.02 Å². The maximum atomic E-state index is 13.4. The molecule has 0 spiro atoms. The van der Waals surface area contributed by atoms with E-state index >= 15 is 0 Å². The average Bonchev–Trinajstić information content (AvgIpc) is 2.43. The van der Waals surface area contributed by atoms with Crippen molar-refractivity contribution in [2.75, 3.05) is 0 Å². The zero-order chi connectivity index (χ0) is 14.5. The summed E-state index contributed by atoms with van der Waals surface area (Å²) in [5.74, 6) is 4.77. The van der Waals surface area contributed by atoms with Crippen LogP contribution in [-0.2, 0) is 12.8 Å². The number of nitrogens with two attached hydrogens (primary N) is 1. The van der Waals surface area contributed by atoms with Gasteiger partial charge < -0.3 is 0 Å². The quantitative estimate of drug-likeness (QED) is 0.657. The number of hydrogen-bond acceptors (Lipinski definition) is 2. The molecule has 2 aromatic rings. The van der Waals surface area contributed by atoms with Crippen molar-refractivity contribution in [3.63, 3.8) is 0 Å². The van der Waals surface area contributed by atoms with Gasteiger partial charge in [-0.3, -0.25) is 11.3 Å². The molecule has 0 amide bonds. The predicted octanol–water partition coefficient (Wildman–Crippen LogP) is 3.24. The molecule has 0 saturated heterocycles. The summed E-state index contributed by atoms with van der Waals surface area (Å²) < 4.78 is 26.5. The Labute approximate surface area is 121 Å². The number of hydrazine groups is 1. The highest BCUT2D eigenvalue weighted by Crippen LogP contribution is 2.21. The summed E-state index contributed by atoms with van der Waals surface area (Å²) >= 11 is 5.92. The Morgan fingerprint density at radius 3 is 2.55 bits per heavy atom. The minimum atomic E-state index is -0.453. The van der Waals surface area contributed by atoms with Crippen LogP contribution in [0.25, 0.3) is 0 Å². The average molecular weight is 297 g/mol. The zero-order valence-electron chi connectivity index (χ0n) is 10.7. The van der Waals surface area contributed by atoms with E-state index in [1.165, 1.54) is 18.2 Å². The van der Waals surface area contributed by atoms with Gasteiger partial charge in [0.25, 0.3) is 0 Å². The number of benzene rings is 2. The molecule has 0 bridgehead atoms. The van der Waals surface area contributed by atoms with Crippen molar-refractivity contribution in [3.05, 3.63) is 70.2 Å². The SMILES string of the molecule is NNC(Cc1cccc(F)c1)Cc1cccc(F)c1Cl. The van der Waals surface area contributed by atoms with Crippen LogP contribution in [0.2, 0.25) is 5.02 Å². The molecule has 0 aliphatic heterocycles. The Hall–Kier alpha value is -1.49. The number of nitrogens with one attached hydrogen (secondary N) is 1. The second kappa shape index (κ2) is 6.79. The lowest BCUT2D eigenvalue weighted by Crippen LogP contribution is -2.38. The van der Waals surface area contributed by atoms with Gasteiger partial charge in [-0.1, -0.05) is 35.9 Å². The smallest absolute Gasteiger partial charge is 0.142 e. The highest BCUT2D eigenvalue weighted by molar-refractivity contribution is 6.31. The maximum Gasteiger partial charge on any atom is 0.142 e. The van der Waals surface area contributed by atoms with Crippen LogP contribution < -0.4 is 11.3 Å². The van der Waals surface area contributed by atoms with Crippen LogP contribution in [0.5, 0.6) is 0 Å². The van der Waals surface area contributed by atoms with Gasteiger partial charge in [-0.25, -0.2) is 8.78 Å². The first-order valence-corrected chi connectivity index (χ1v) is 6.61. The first-order valence-electron chi connectivity index (χ1n) is 6.23. The molecule has 0 aromatic heterocycles. The number of rotatable bonds is 5. The van der Waals surface area contributed by atoms with Gasteiger partial charge in [-0.2, -0.15) is 0 Å². The van der Waals surface area contributed by atoms with E-state index in [1.54, 1.807) is 18.2 Å². The van der Waals surface area contributed by atoms with Gasteiger partial charge in [-0.05, 0) is 42.2 Å². The van der Waals surface area contributed by atoms with Crippen LogP contribution in [0.1, 0.15) is 11.1 Å². The molecule has 0 fully saturated rings. The highest BCUT2D eigenvalue weighted by Gasteiger charge is 2.13. The normalized spacial score (nSPS) is 12.4. The van der Waals surface area contributed by atoms with Crippen LogP contribution in [0.15, 0.2) is 42.5 Å². The number of halogens is 3. The summed E-state index contributed by atoms with van der Waals surface area (Å²) in [7, 11) is 0. The molecule has 1 unspecified atom stereocenters. The van der Waals surface area contributed by atoms with E-state index in [9.17, 15) is 8.78 Å². The minimum Gasteiger partial charge on any atom is -0.271 e. The van der Waals surface area contributed by atoms with E-state index in [2.05, 4.69) is 5.43 Å². The summed E-state index contributed by atoms with van der Waals surface area (Å²) in [6.45, 7) is 0. The Bertz CT molecular complexity index is 590. The van der Waals surface area contributed by atoms with E-state index in [0.29, 0.717) is 18.4 Å². The van der Waals surface area contributed by atoms with Gasteiger partial charge in [0.1, 0.15) is 11.6 Å². The van der Waals surface area contributed by atoms with Gasteiger partial charge in [0.15, 0.2) is 0 Å². The molecular weight excluding hydrogens is 282 g/mol. The summed E-state index contributed by atoms with van der Waals surface area (Å²) in [5.41, 5.74) is 4.15. The fourth-order valence-electron chi connectivity index (χ4n) is 2.11. The van der Waals surface area contributed by atoms with E-state index in [0.717, 1.165) is 5.56 Å². The molecule has 0 aliphatic carbocycles. The fourth-order valence-corrected chi connectivity index (χ4v) is 2.31. The standard InChI is InChI=1S/C15H15ClF2N2/c16-15-11(4-2-6-14(15)18)9-13(20-19)8-10-3-1-5-12(17)7-10/h1-7,13,20H,8-9,19H2. The van der Waals surface area contributed by atoms with Crippen molar-refractivity contribution in [2.24, 2.45) is 5.84 Å². The molecule has 5 heteroatoms. The monoisotopic (exact) mass is 296 g/mol. The van der Waals surface area contributed by atoms with Crippen LogP contribution >= 0.6 is 11.6 Å². The van der Waals surface area contributed by atoms with E-state index in [1.807, 2.05) is 6.07 Å². The molecule has 0 aliphatic rings. The first-order chi connectivity index (χ1) is 9.60. The van der Waals surface area contributed by atoms with Gasteiger partial charge in [-0.15, -0.1) is 0 Å². The van der Waals surface area contributed by atoms with Crippen LogP contribution in [0, 0.1) is 11.6 Å². The third kappa shape index (κ3) is 3.76. The van der Waals surface area contributed by atoms with Crippen molar-refractivity contribution in [2.45, 2.75) is 18.9 Å².